The predicted molar refractivity (Wildman–Crippen MR) is 79.2 cm³/mol. The molecule has 0 aliphatic carbocycles. The Morgan fingerprint density at radius 3 is 2.72 bits per heavy atom. The minimum Gasteiger partial charge on any atom is -0.360 e. The normalized spacial score (nSPS) is 10.5. The summed E-state index contributed by atoms with van der Waals surface area (Å²) in [4.78, 5) is 3.00. The van der Waals surface area contributed by atoms with E-state index in [-0.39, 0.29) is 0 Å². The molecular formula is C12H11ClN4S. The first kappa shape index (κ1) is 12.6. The number of aromatic amines is 1. The molecule has 0 atom stereocenters. The van der Waals surface area contributed by atoms with Crippen molar-refractivity contribution in [3.63, 3.8) is 0 Å². The van der Waals surface area contributed by atoms with Crippen molar-refractivity contribution in [2.75, 3.05) is 5.32 Å². The van der Waals surface area contributed by atoms with Crippen LogP contribution in [0.5, 0.6) is 0 Å². The van der Waals surface area contributed by atoms with Crippen LogP contribution in [0.1, 0.15) is 5.69 Å². The molecule has 92 valence electrons. The molecule has 0 unspecified atom stereocenters. The van der Waals surface area contributed by atoms with Gasteiger partial charge in [0.1, 0.15) is 0 Å². The summed E-state index contributed by atoms with van der Waals surface area (Å²) in [5.74, 6) is 0. The zero-order chi connectivity index (χ0) is 12.8. The number of nitrogens with zero attached hydrogens (tertiary/aromatic N) is 1. The number of halogens is 1. The van der Waals surface area contributed by atoms with Gasteiger partial charge in [-0.15, -0.1) is 0 Å². The zero-order valence-corrected chi connectivity index (χ0v) is 10.9. The summed E-state index contributed by atoms with van der Waals surface area (Å²) in [7, 11) is 0. The summed E-state index contributed by atoms with van der Waals surface area (Å²) in [6, 6.07) is 11.0. The molecule has 0 aliphatic rings. The summed E-state index contributed by atoms with van der Waals surface area (Å²) in [5.41, 5.74) is 4.47. The largest absolute Gasteiger partial charge is 0.360 e. The van der Waals surface area contributed by atoms with Crippen molar-refractivity contribution in [2.45, 2.75) is 0 Å². The first-order valence-electron chi connectivity index (χ1n) is 5.23. The van der Waals surface area contributed by atoms with Gasteiger partial charge < -0.3 is 10.3 Å². The Balaban J connectivity index is 1.84. The summed E-state index contributed by atoms with van der Waals surface area (Å²) < 4.78 is 0. The van der Waals surface area contributed by atoms with Crippen LogP contribution >= 0.6 is 23.8 Å². The van der Waals surface area contributed by atoms with E-state index in [0.717, 1.165) is 11.4 Å². The van der Waals surface area contributed by atoms with E-state index in [4.69, 9.17) is 23.8 Å². The molecule has 1 aromatic heterocycles. The first-order chi connectivity index (χ1) is 8.74. The van der Waals surface area contributed by atoms with Gasteiger partial charge in [-0.05, 0) is 48.6 Å². The molecule has 0 saturated heterocycles. The fraction of sp³-hybridized carbons (Fsp3) is 0. The molecule has 4 nitrogen and oxygen atoms in total. The molecule has 0 radical (unpaired) electrons. The van der Waals surface area contributed by atoms with Gasteiger partial charge >= 0.3 is 0 Å². The lowest BCUT2D eigenvalue weighted by Gasteiger charge is -2.06. The summed E-state index contributed by atoms with van der Waals surface area (Å²) in [6.07, 6.45) is 3.47. The second-order valence-corrected chi connectivity index (χ2v) is 4.30. The highest BCUT2D eigenvalue weighted by Crippen LogP contribution is 2.12. The van der Waals surface area contributed by atoms with Gasteiger partial charge in [-0.1, -0.05) is 11.6 Å². The minimum atomic E-state index is 0.417. The fourth-order valence-electron chi connectivity index (χ4n) is 1.28. The number of nitrogens with one attached hydrogen (secondary N) is 3. The number of benzene rings is 1. The zero-order valence-electron chi connectivity index (χ0n) is 9.35. The van der Waals surface area contributed by atoms with E-state index in [0.29, 0.717) is 10.1 Å². The van der Waals surface area contributed by atoms with E-state index in [1.807, 2.05) is 30.5 Å². The Kier molecular flexibility index (Phi) is 4.33. The standard InChI is InChI=1S/C12H11ClN4S/c13-9-3-5-10(6-4-9)16-12(18)17-15-8-11-2-1-7-14-11/h1-8,14H,(H2,16,17,18)/b15-8+. The fourth-order valence-corrected chi connectivity index (χ4v) is 1.57. The number of thiocarbonyl (C=S) groups is 1. The van der Waals surface area contributed by atoms with Gasteiger partial charge in [-0.25, -0.2) is 0 Å². The smallest absolute Gasteiger partial charge is 0.191 e. The second kappa shape index (κ2) is 6.18. The number of anilines is 1. The van der Waals surface area contributed by atoms with Crippen LogP contribution in [0.25, 0.3) is 0 Å². The summed E-state index contributed by atoms with van der Waals surface area (Å²) in [6.45, 7) is 0. The lowest BCUT2D eigenvalue weighted by Crippen LogP contribution is -2.23. The van der Waals surface area contributed by atoms with Crippen molar-refractivity contribution in [3.8, 4) is 0 Å². The summed E-state index contributed by atoms with van der Waals surface area (Å²) in [5, 5.41) is 8.08. The van der Waals surface area contributed by atoms with Crippen LogP contribution in [0.3, 0.4) is 0 Å². The Labute approximate surface area is 115 Å². The molecule has 0 spiro atoms. The molecule has 18 heavy (non-hydrogen) atoms. The first-order valence-corrected chi connectivity index (χ1v) is 6.02. The highest BCUT2D eigenvalue weighted by Gasteiger charge is 1.95. The molecule has 0 bridgehead atoms. The van der Waals surface area contributed by atoms with Crippen LogP contribution < -0.4 is 10.7 Å². The predicted octanol–water partition coefficient (Wildman–Crippen LogP) is 2.99. The maximum absolute atomic E-state index is 5.79. The Bertz CT molecular complexity index is 534. The van der Waals surface area contributed by atoms with Crippen molar-refractivity contribution < 1.29 is 0 Å². The van der Waals surface area contributed by atoms with Crippen LogP contribution in [-0.2, 0) is 0 Å². The van der Waals surface area contributed by atoms with E-state index >= 15 is 0 Å². The molecule has 1 aromatic carbocycles. The Morgan fingerprint density at radius 1 is 1.28 bits per heavy atom. The number of aromatic nitrogens is 1. The second-order valence-electron chi connectivity index (χ2n) is 3.46. The lowest BCUT2D eigenvalue weighted by molar-refractivity contribution is 1.05. The molecule has 0 fully saturated rings. The van der Waals surface area contributed by atoms with Gasteiger partial charge in [-0.3, -0.25) is 5.43 Å². The molecule has 3 N–H and O–H groups in total. The van der Waals surface area contributed by atoms with Crippen LogP contribution in [-0.4, -0.2) is 16.3 Å². The maximum atomic E-state index is 5.79. The molecule has 0 amide bonds. The molecule has 2 rings (SSSR count). The molecule has 0 saturated carbocycles. The van der Waals surface area contributed by atoms with Gasteiger partial charge in [-0.2, -0.15) is 5.10 Å². The molecule has 2 aromatic rings. The van der Waals surface area contributed by atoms with Crippen molar-refractivity contribution >= 4 is 40.8 Å². The van der Waals surface area contributed by atoms with Crippen molar-refractivity contribution in [1.29, 1.82) is 0 Å². The van der Waals surface area contributed by atoms with E-state index in [9.17, 15) is 0 Å². The summed E-state index contributed by atoms with van der Waals surface area (Å²) >= 11 is 10.9. The molecule has 1 heterocycles. The molecular weight excluding hydrogens is 268 g/mol. The number of hydrogen-bond acceptors (Lipinski definition) is 2. The van der Waals surface area contributed by atoms with Crippen LogP contribution in [0.2, 0.25) is 5.02 Å². The van der Waals surface area contributed by atoms with Crippen molar-refractivity contribution in [2.24, 2.45) is 5.10 Å². The number of hydrogen-bond donors (Lipinski definition) is 3. The van der Waals surface area contributed by atoms with Gasteiger partial charge in [0.05, 0.1) is 11.9 Å². The van der Waals surface area contributed by atoms with Crippen LogP contribution in [0.15, 0.2) is 47.7 Å². The SMILES string of the molecule is S=C(N/N=C/c1ccc[nH]1)Nc1ccc(Cl)cc1. The van der Waals surface area contributed by atoms with Crippen LogP contribution in [0.4, 0.5) is 5.69 Å². The quantitative estimate of drug-likeness (QED) is 0.460. The highest BCUT2D eigenvalue weighted by molar-refractivity contribution is 7.80. The minimum absolute atomic E-state index is 0.417. The monoisotopic (exact) mass is 278 g/mol. The molecule has 6 heteroatoms. The topological polar surface area (TPSA) is 52.2 Å². The van der Waals surface area contributed by atoms with E-state index in [1.54, 1.807) is 18.3 Å². The van der Waals surface area contributed by atoms with Crippen molar-refractivity contribution in [3.05, 3.63) is 53.3 Å². The number of hydrazone groups is 1. The Hall–Kier alpha value is -1.85. The third kappa shape index (κ3) is 3.87. The average Bonchev–Trinajstić information content (AvgIpc) is 2.85. The van der Waals surface area contributed by atoms with E-state index < -0.39 is 0 Å². The van der Waals surface area contributed by atoms with Gasteiger partial charge in [0.15, 0.2) is 5.11 Å². The third-order valence-corrected chi connectivity index (χ3v) is 2.54. The van der Waals surface area contributed by atoms with E-state index in [2.05, 4.69) is 20.8 Å². The molecule has 0 aliphatic heterocycles. The van der Waals surface area contributed by atoms with E-state index in [1.165, 1.54) is 0 Å². The average molecular weight is 279 g/mol. The number of rotatable bonds is 3. The van der Waals surface area contributed by atoms with Crippen LogP contribution in [0, 0.1) is 0 Å². The Morgan fingerprint density at radius 2 is 2.06 bits per heavy atom. The maximum Gasteiger partial charge on any atom is 0.191 e. The number of H-pyrrole nitrogens is 1. The lowest BCUT2D eigenvalue weighted by atomic mass is 10.3. The highest BCUT2D eigenvalue weighted by atomic mass is 35.5. The van der Waals surface area contributed by atoms with Gasteiger partial charge in [0.2, 0.25) is 0 Å². The van der Waals surface area contributed by atoms with Gasteiger partial charge in [0.25, 0.3) is 0 Å². The van der Waals surface area contributed by atoms with Gasteiger partial charge in [0, 0.05) is 16.9 Å². The third-order valence-electron chi connectivity index (χ3n) is 2.09. The van der Waals surface area contributed by atoms with Crippen molar-refractivity contribution in [1.82, 2.24) is 10.4 Å².